The van der Waals surface area contributed by atoms with Crippen LogP contribution in [0.25, 0.3) is 0 Å². The van der Waals surface area contributed by atoms with Crippen molar-refractivity contribution in [2.75, 3.05) is 19.7 Å². The average Bonchev–Trinajstić information content (AvgIpc) is 3.49. The number of likely N-dealkylation sites (tertiary alicyclic amines) is 1. The molecule has 2 fully saturated rings. The van der Waals surface area contributed by atoms with Crippen LogP contribution >= 0.6 is 11.6 Å². The van der Waals surface area contributed by atoms with Crippen LogP contribution in [0.4, 0.5) is 13.2 Å². The lowest BCUT2D eigenvalue weighted by Gasteiger charge is -2.47. The van der Waals surface area contributed by atoms with Crippen molar-refractivity contribution in [2.45, 2.75) is 44.0 Å². The van der Waals surface area contributed by atoms with Crippen molar-refractivity contribution in [3.63, 3.8) is 0 Å². The van der Waals surface area contributed by atoms with E-state index < -0.39 is 23.3 Å². The van der Waals surface area contributed by atoms with Gasteiger partial charge in [0.15, 0.2) is 5.67 Å². The Bertz CT molecular complexity index is 986. The number of nitrogens with zero attached hydrogens (tertiary/aromatic N) is 1. The highest BCUT2D eigenvalue weighted by atomic mass is 35.5. The fourth-order valence-corrected chi connectivity index (χ4v) is 4.34. The number of rotatable bonds is 8. The lowest BCUT2D eigenvalue weighted by Crippen LogP contribution is -2.61. The van der Waals surface area contributed by atoms with Crippen LogP contribution < -0.4 is 0 Å². The summed E-state index contributed by atoms with van der Waals surface area (Å²) in [5.41, 5.74) is 0.0980. The van der Waals surface area contributed by atoms with Gasteiger partial charge in [-0.1, -0.05) is 11.6 Å². The molecule has 8 heteroatoms. The molecule has 1 aliphatic heterocycles. The van der Waals surface area contributed by atoms with Crippen molar-refractivity contribution in [3.05, 3.63) is 69.2 Å². The zero-order valence-electron chi connectivity index (χ0n) is 17.0. The Balaban J connectivity index is 1.35. The number of benzene rings is 2. The SMILES string of the molecule is CC(c1cc(F)cc(Cl)c1)N1CC(F)(COCc2cc(F)c(C(=O)O)cc2C2CC2)C1. The zero-order valence-corrected chi connectivity index (χ0v) is 17.8. The molecule has 1 aliphatic carbocycles. The minimum atomic E-state index is -1.55. The Kier molecular flexibility index (Phi) is 6.03. The van der Waals surface area contributed by atoms with Gasteiger partial charge in [-0.2, -0.15) is 0 Å². The summed E-state index contributed by atoms with van der Waals surface area (Å²) in [6.45, 7) is 1.98. The summed E-state index contributed by atoms with van der Waals surface area (Å²) < 4.78 is 48.3. The molecule has 0 spiro atoms. The molecule has 1 saturated heterocycles. The largest absolute Gasteiger partial charge is 0.478 e. The average molecular weight is 454 g/mol. The molecule has 1 saturated carbocycles. The first-order valence-corrected chi connectivity index (χ1v) is 10.6. The van der Waals surface area contributed by atoms with Crippen LogP contribution in [0.1, 0.15) is 58.8 Å². The number of hydrogen-bond donors (Lipinski definition) is 1. The minimum absolute atomic E-state index is 0.0172. The highest BCUT2D eigenvalue weighted by Crippen LogP contribution is 2.43. The summed E-state index contributed by atoms with van der Waals surface area (Å²) in [6, 6.07) is 6.64. The van der Waals surface area contributed by atoms with Gasteiger partial charge < -0.3 is 9.84 Å². The predicted molar refractivity (Wildman–Crippen MR) is 110 cm³/mol. The monoisotopic (exact) mass is 453 g/mol. The Labute approximate surface area is 183 Å². The maximum absolute atomic E-state index is 15.0. The molecule has 1 heterocycles. The van der Waals surface area contributed by atoms with Crippen LogP contribution in [0.2, 0.25) is 5.02 Å². The normalized spacial score (nSPS) is 19.1. The third-order valence-corrected chi connectivity index (χ3v) is 6.20. The molecule has 0 bridgehead atoms. The van der Waals surface area contributed by atoms with Crippen molar-refractivity contribution in [1.29, 1.82) is 0 Å². The van der Waals surface area contributed by atoms with E-state index in [4.69, 9.17) is 21.4 Å². The first-order chi connectivity index (χ1) is 14.6. The number of carboxylic acid groups (broad SMARTS) is 1. The number of ether oxygens (including phenoxy) is 1. The van der Waals surface area contributed by atoms with Crippen molar-refractivity contribution in [2.24, 2.45) is 0 Å². The van der Waals surface area contributed by atoms with Gasteiger partial charge in [0.05, 0.1) is 18.8 Å². The molecule has 0 aromatic heterocycles. The van der Waals surface area contributed by atoms with Crippen LogP contribution in [0.5, 0.6) is 0 Å². The van der Waals surface area contributed by atoms with Gasteiger partial charge >= 0.3 is 5.97 Å². The Morgan fingerprint density at radius 3 is 2.58 bits per heavy atom. The Hall–Kier alpha value is -2.09. The van der Waals surface area contributed by atoms with E-state index in [0.29, 0.717) is 16.1 Å². The van der Waals surface area contributed by atoms with Gasteiger partial charge in [-0.25, -0.2) is 18.0 Å². The molecule has 166 valence electrons. The number of alkyl halides is 1. The highest BCUT2D eigenvalue weighted by molar-refractivity contribution is 6.30. The molecule has 4 nitrogen and oxygen atoms in total. The van der Waals surface area contributed by atoms with E-state index in [9.17, 15) is 18.0 Å². The van der Waals surface area contributed by atoms with Crippen molar-refractivity contribution >= 4 is 17.6 Å². The van der Waals surface area contributed by atoms with Crippen molar-refractivity contribution < 1.29 is 27.8 Å². The molecule has 2 aliphatic rings. The Morgan fingerprint density at radius 1 is 1.26 bits per heavy atom. The van der Waals surface area contributed by atoms with Gasteiger partial charge in [-0.15, -0.1) is 0 Å². The molecule has 1 N–H and O–H groups in total. The summed E-state index contributed by atoms with van der Waals surface area (Å²) >= 11 is 5.91. The summed E-state index contributed by atoms with van der Waals surface area (Å²) in [6.07, 6.45) is 1.84. The van der Waals surface area contributed by atoms with Crippen molar-refractivity contribution in [3.8, 4) is 0 Å². The highest BCUT2D eigenvalue weighted by Gasteiger charge is 2.46. The molecular weight excluding hydrogens is 431 g/mol. The number of carbonyl (C=O) groups is 1. The van der Waals surface area contributed by atoms with Crippen LogP contribution in [-0.2, 0) is 11.3 Å². The zero-order chi connectivity index (χ0) is 22.3. The van der Waals surface area contributed by atoms with E-state index in [1.165, 1.54) is 24.3 Å². The van der Waals surface area contributed by atoms with E-state index >= 15 is 0 Å². The van der Waals surface area contributed by atoms with E-state index in [1.54, 1.807) is 6.07 Å². The van der Waals surface area contributed by atoms with Gasteiger partial charge in [0, 0.05) is 24.2 Å². The minimum Gasteiger partial charge on any atom is -0.478 e. The summed E-state index contributed by atoms with van der Waals surface area (Å²) in [5.74, 6) is -2.35. The summed E-state index contributed by atoms with van der Waals surface area (Å²) in [5, 5.41) is 9.43. The standard InChI is InChI=1S/C23H23ClF3NO3/c1-13(15-4-17(24)7-18(25)5-15)28-10-23(27,11-28)12-31-9-16-6-21(26)20(22(29)30)8-19(16)14-2-3-14/h4-8,13-14H,2-3,9-12H2,1H3,(H,29,30). The predicted octanol–water partition coefficient (Wildman–Crippen LogP) is 5.50. The van der Waals surface area contributed by atoms with E-state index in [-0.39, 0.29) is 43.8 Å². The fourth-order valence-electron chi connectivity index (χ4n) is 4.11. The maximum Gasteiger partial charge on any atom is 0.338 e. The van der Waals surface area contributed by atoms with E-state index in [1.807, 2.05) is 11.8 Å². The summed E-state index contributed by atoms with van der Waals surface area (Å²) in [7, 11) is 0. The van der Waals surface area contributed by atoms with Crippen LogP contribution in [-0.4, -0.2) is 41.3 Å². The van der Waals surface area contributed by atoms with Gasteiger partial charge in [0.2, 0.25) is 0 Å². The van der Waals surface area contributed by atoms with Gasteiger partial charge in [-0.3, -0.25) is 4.90 Å². The molecule has 0 amide bonds. The molecule has 1 unspecified atom stereocenters. The van der Waals surface area contributed by atoms with Gasteiger partial charge in [0.1, 0.15) is 11.6 Å². The smallest absolute Gasteiger partial charge is 0.338 e. The maximum atomic E-state index is 15.0. The number of hydrogen-bond acceptors (Lipinski definition) is 3. The van der Waals surface area contributed by atoms with Gasteiger partial charge in [0.25, 0.3) is 0 Å². The molecule has 2 aromatic rings. The van der Waals surface area contributed by atoms with Crippen molar-refractivity contribution in [1.82, 2.24) is 4.90 Å². The second-order valence-electron chi connectivity index (χ2n) is 8.54. The fraction of sp³-hybridized carbons (Fsp3) is 0.435. The number of carboxylic acids is 1. The number of halogens is 4. The molecular formula is C23H23ClF3NO3. The first-order valence-electron chi connectivity index (χ1n) is 10.2. The first kappa shape index (κ1) is 22.1. The lowest BCUT2D eigenvalue weighted by atomic mass is 9.93. The summed E-state index contributed by atoms with van der Waals surface area (Å²) in [4.78, 5) is 13.1. The molecule has 31 heavy (non-hydrogen) atoms. The molecule has 2 aromatic carbocycles. The molecule has 1 atom stereocenters. The van der Waals surface area contributed by atoms with Crippen LogP contribution in [0.15, 0.2) is 30.3 Å². The third-order valence-electron chi connectivity index (χ3n) is 5.98. The van der Waals surface area contributed by atoms with Gasteiger partial charge in [-0.05, 0) is 72.7 Å². The Morgan fingerprint density at radius 2 is 1.97 bits per heavy atom. The lowest BCUT2D eigenvalue weighted by molar-refractivity contribution is -0.104. The molecule has 4 rings (SSSR count). The number of aromatic carboxylic acids is 1. The van der Waals surface area contributed by atoms with Crippen LogP contribution in [0.3, 0.4) is 0 Å². The third kappa shape index (κ3) is 4.89. The topological polar surface area (TPSA) is 49.8 Å². The quantitative estimate of drug-likeness (QED) is 0.573. The second-order valence-corrected chi connectivity index (χ2v) is 8.97. The van der Waals surface area contributed by atoms with Crippen LogP contribution in [0, 0.1) is 11.6 Å². The van der Waals surface area contributed by atoms with E-state index in [2.05, 4.69) is 0 Å². The molecule has 0 radical (unpaired) electrons. The van der Waals surface area contributed by atoms with E-state index in [0.717, 1.165) is 18.4 Å². The second kappa shape index (κ2) is 8.45.